The van der Waals surface area contributed by atoms with Gasteiger partial charge in [-0.2, -0.15) is 13.2 Å². The molecule has 0 aliphatic heterocycles. The Kier molecular flexibility index (Phi) is 3.28. The number of hydrogen-bond acceptors (Lipinski definition) is 1. The fourth-order valence-electron chi connectivity index (χ4n) is 1.80. The molecule has 18 heavy (non-hydrogen) atoms. The average molecular weight is 251 g/mol. The van der Waals surface area contributed by atoms with Gasteiger partial charge in [-0.3, -0.25) is 0 Å². The standard InChI is InChI=1S/C14H12F3N/c1-18-11-8-6-10(7-9-11)12-4-2-3-5-13(12)14(15,16)17/h2-9,18H,1H3. The summed E-state index contributed by atoms with van der Waals surface area (Å²) in [5, 5.41) is 2.93. The van der Waals surface area contributed by atoms with Crippen molar-refractivity contribution in [2.24, 2.45) is 0 Å². The lowest BCUT2D eigenvalue weighted by atomic mass is 9.99. The number of rotatable bonds is 2. The Bertz CT molecular complexity index is 529. The van der Waals surface area contributed by atoms with E-state index in [4.69, 9.17) is 0 Å². The third kappa shape index (κ3) is 2.47. The fourth-order valence-corrected chi connectivity index (χ4v) is 1.80. The van der Waals surface area contributed by atoms with Crippen LogP contribution in [0.1, 0.15) is 5.56 Å². The quantitative estimate of drug-likeness (QED) is 0.833. The van der Waals surface area contributed by atoms with Gasteiger partial charge in [-0.15, -0.1) is 0 Å². The summed E-state index contributed by atoms with van der Waals surface area (Å²) in [5.74, 6) is 0. The molecule has 0 aliphatic rings. The summed E-state index contributed by atoms with van der Waals surface area (Å²) in [5.41, 5.74) is 1.01. The van der Waals surface area contributed by atoms with Gasteiger partial charge in [-0.1, -0.05) is 30.3 Å². The van der Waals surface area contributed by atoms with Crippen LogP contribution >= 0.6 is 0 Å². The minimum atomic E-state index is -4.34. The molecule has 0 saturated carbocycles. The van der Waals surface area contributed by atoms with Crippen molar-refractivity contribution in [3.63, 3.8) is 0 Å². The number of halogens is 3. The summed E-state index contributed by atoms with van der Waals surface area (Å²) in [6.07, 6.45) is -4.34. The molecule has 0 unspecified atom stereocenters. The third-order valence-electron chi connectivity index (χ3n) is 2.72. The van der Waals surface area contributed by atoms with Crippen molar-refractivity contribution >= 4 is 5.69 Å². The summed E-state index contributed by atoms with van der Waals surface area (Å²) >= 11 is 0. The normalized spacial score (nSPS) is 11.3. The highest BCUT2D eigenvalue weighted by molar-refractivity contribution is 5.69. The van der Waals surface area contributed by atoms with Crippen LogP contribution in [0.4, 0.5) is 18.9 Å². The van der Waals surface area contributed by atoms with E-state index in [1.165, 1.54) is 12.1 Å². The van der Waals surface area contributed by atoms with Crippen molar-refractivity contribution in [3.05, 3.63) is 54.1 Å². The molecule has 1 nitrogen and oxygen atoms in total. The van der Waals surface area contributed by atoms with Crippen LogP contribution in [0.5, 0.6) is 0 Å². The lowest BCUT2D eigenvalue weighted by Gasteiger charge is -2.13. The van der Waals surface area contributed by atoms with Crippen LogP contribution < -0.4 is 5.32 Å². The minimum Gasteiger partial charge on any atom is -0.388 e. The lowest BCUT2D eigenvalue weighted by Crippen LogP contribution is -2.06. The van der Waals surface area contributed by atoms with Gasteiger partial charge >= 0.3 is 6.18 Å². The van der Waals surface area contributed by atoms with Crippen LogP contribution in [-0.4, -0.2) is 7.05 Å². The van der Waals surface area contributed by atoms with Crippen LogP contribution in [0.2, 0.25) is 0 Å². The van der Waals surface area contributed by atoms with Crippen molar-refractivity contribution in [1.82, 2.24) is 0 Å². The third-order valence-corrected chi connectivity index (χ3v) is 2.72. The SMILES string of the molecule is CNc1ccc(-c2ccccc2C(F)(F)F)cc1. The maximum Gasteiger partial charge on any atom is 0.417 e. The van der Waals surface area contributed by atoms with Crippen molar-refractivity contribution in [3.8, 4) is 11.1 Å². The molecule has 0 heterocycles. The minimum absolute atomic E-state index is 0.202. The van der Waals surface area contributed by atoms with Gasteiger partial charge in [0.15, 0.2) is 0 Å². The molecule has 2 rings (SSSR count). The van der Waals surface area contributed by atoms with E-state index in [0.29, 0.717) is 5.56 Å². The Hall–Kier alpha value is -1.97. The monoisotopic (exact) mass is 251 g/mol. The fraction of sp³-hybridized carbons (Fsp3) is 0.143. The van der Waals surface area contributed by atoms with E-state index in [0.717, 1.165) is 11.8 Å². The van der Waals surface area contributed by atoms with Crippen molar-refractivity contribution in [2.45, 2.75) is 6.18 Å². The molecule has 4 heteroatoms. The first kappa shape index (κ1) is 12.5. The zero-order valence-electron chi connectivity index (χ0n) is 9.75. The molecule has 0 fully saturated rings. The molecule has 94 valence electrons. The van der Waals surface area contributed by atoms with E-state index >= 15 is 0 Å². The van der Waals surface area contributed by atoms with Gasteiger partial charge in [0.05, 0.1) is 5.56 Å². The number of benzene rings is 2. The van der Waals surface area contributed by atoms with Gasteiger partial charge in [0, 0.05) is 12.7 Å². The molecule has 0 bridgehead atoms. The van der Waals surface area contributed by atoms with Gasteiger partial charge in [0.1, 0.15) is 0 Å². The summed E-state index contributed by atoms with van der Waals surface area (Å²) in [7, 11) is 1.76. The number of hydrogen-bond donors (Lipinski definition) is 1. The highest BCUT2D eigenvalue weighted by Crippen LogP contribution is 2.37. The van der Waals surface area contributed by atoms with Crippen LogP contribution in [0.25, 0.3) is 11.1 Å². The predicted molar refractivity (Wildman–Crippen MR) is 66.4 cm³/mol. The van der Waals surface area contributed by atoms with Gasteiger partial charge in [-0.25, -0.2) is 0 Å². The number of alkyl halides is 3. The molecule has 0 atom stereocenters. The van der Waals surface area contributed by atoms with Gasteiger partial charge < -0.3 is 5.32 Å². The highest BCUT2D eigenvalue weighted by atomic mass is 19.4. The molecule has 0 aliphatic carbocycles. The highest BCUT2D eigenvalue weighted by Gasteiger charge is 2.33. The van der Waals surface area contributed by atoms with Crippen molar-refractivity contribution in [1.29, 1.82) is 0 Å². The summed E-state index contributed by atoms with van der Waals surface area (Å²) in [6, 6.07) is 12.4. The Morgan fingerprint density at radius 1 is 0.889 bits per heavy atom. The maximum absolute atomic E-state index is 12.9. The first-order valence-corrected chi connectivity index (χ1v) is 5.47. The molecule has 0 amide bonds. The summed E-state index contributed by atoms with van der Waals surface area (Å²) in [6.45, 7) is 0. The molecule has 2 aromatic rings. The van der Waals surface area contributed by atoms with E-state index in [1.54, 1.807) is 37.4 Å². The Labute approximate surface area is 103 Å². The molecule has 0 aromatic heterocycles. The second-order valence-electron chi connectivity index (χ2n) is 3.87. The lowest BCUT2D eigenvalue weighted by molar-refractivity contribution is -0.137. The summed E-state index contributed by atoms with van der Waals surface area (Å²) in [4.78, 5) is 0. The molecular weight excluding hydrogens is 239 g/mol. The zero-order chi connectivity index (χ0) is 13.2. The van der Waals surface area contributed by atoms with E-state index in [1.807, 2.05) is 0 Å². The first-order chi connectivity index (χ1) is 8.52. The van der Waals surface area contributed by atoms with E-state index in [9.17, 15) is 13.2 Å². The Morgan fingerprint density at radius 3 is 2.06 bits per heavy atom. The second-order valence-corrected chi connectivity index (χ2v) is 3.87. The predicted octanol–water partition coefficient (Wildman–Crippen LogP) is 4.41. The average Bonchev–Trinajstić information content (AvgIpc) is 2.38. The molecule has 0 radical (unpaired) electrons. The second kappa shape index (κ2) is 4.72. The molecule has 0 saturated heterocycles. The molecule has 1 N–H and O–H groups in total. The molecule has 2 aromatic carbocycles. The van der Waals surface area contributed by atoms with E-state index in [2.05, 4.69) is 5.32 Å². The topological polar surface area (TPSA) is 12.0 Å². The largest absolute Gasteiger partial charge is 0.417 e. The van der Waals surface area contributed by atoms with E-state index in [-0.39, 0.29) is 5.56 Å². The summed E-state index contributed by atoms with van der Waals surface area (Å²) < 4.78 is 38.6. The smallest absolute Gasteiger partial charge is 0.388 e. The van der Waals surface area contributed by atoms with Gasteiger partial charge in [-0.05, 0) is 29.3 Å². The Balaban J connectivity index is 2.50. The van der Waals surface area contributed by atoms with Crippen LogP contribution in [0, 0.1) is 0 Å². The number of nitrogens with one attached hydrogen (secondary N) is 1. The van der Waals surface area contributed by atoms with Gasteiger partial charge in [0.2, 0.25) is 0 Å². The van der Waals surface area contributed by atoms with Crippen molar-refractivity contribution in [2.75, 3.05) is 12.4 Å². The maximum atomic E-state index is 12.9. The van der Waals surface area contributed by atoms with Crippen LogP contribution in [0.15, 0.2) is 48.5 Å². The van der Waals surface area contributed by atoms with Crippen LogP contribution in [0.3, 0.4) is 0 Å². The zero-order valence-corrected chi connectivity index (χ0v) is 9.75. The van der Waals surface area contributed by atoms with Crippen LogP contribution in [-0.2, 0) is 6.18 Å². The van der Waals surface area contributed by atoms with Crippen molar-refractivity contribution < 1.29 is 13.2 Å². The van der Waals surface area contributed by atoms with E-state index < -0.39 is 11.7 Å². The molecular formula is C14H12F3N. The Morgan fingerprint density at radius 2 is 1.50 bits per heavy atom. The molecule has 0 spiro atoms. The number of anilines is 1. The first-order valence-electron chi connectivity index (χ1n) is 5.47. The van der Waals surface area contributed by atoms with Gasteiger partial charge in [0.25, 0.3) is 0 Å².